The van der Waals surface area contributed by atoms with Crippen LogP contribution in [0.5, 0.6) is 0 Å². The summed E-state index contributed by atoms with van der Waals surface area (Å²) in [5, 5.41) is 6.69. The molecule has 0 heterocycles. The van der Waals surface area contributed by atoms with Crippen LogP contribution in [-0.2, 0) is 0 Å². The lowest BCUT2D eigenvalue weighted by molar-refractivity contribution is 0.652. The minimum atomic E-state index is 0.419. The van der Waals surface area contributed by atoms with E-state index < -0.39 is 0 Å². The smallest absolute Gasteiger partial charge is 0.0342 e. The third kappa shape index (κ3) is 3.56. The van der Waals surface area contributed by atoms with E-state index in [-0.39, 0.29) is 0 Å². The molecule has 0 saturated heterocycles. The quantitative estimate of drug-likeness (QED) is 0.773. The first-order chi connectivity index (χ1) is 7.17. The molecule has 1 aromatic carbocycles. The molecule has 2 unspecified atom stereocenters. The molecule has 0 aromatic heterocycles. The van der Waals surface area contributed by atoms with Crippen LogP contribution in [-0.4, -0.2) is 13.1 Å². The molecular weight excluding hydrogens is 184 g/mol. The Kier molecular flexibility index (Phi) is 4.63. The zero-order valence-corrected chi connectivity index (χ0v) is 10.2. The predicted octanol–water partition coefficient (Wildman–Crippen LogP) is 3.18. The number of hydrogen-bond acceptors (Lipinski definition) is 2. The molecule has 2 heteroatoms. The van der Waals surface area contributed by atoms with Crippen molar-refractivity contribution in [2.24, 2.45) is 0 Å². The summed E-state index contributed by atoms with van der Waals surface area (Å²) in [6.45, 7) is 6.55. The molecule has 0 bridgehead atoms. The lowest BCUT2D eigenvalue weighted by Crippen LogP contribution is -2.14. The molecule has 1 aromatic rings. The molecule has 84 valence electrons. The molecule has 0 fully saturated rings. The summed E-state index contributed by atoms with van der Waals surface area (Å²) in [5.74, 6) is 0. The van der Waals surface area contributed by atoms with Gasteiger partial charge in [-0.25, -0.2) is 0 Å². The van der Waals surface area contributed by atoms with Crippen LogP contribution in [0.3, 0.4) is 0 Å². The Hall–Kier alpha value is -1.02. The van der Waals surface area contributed by atoms with E-state index in [1.165, 1.54) is 11.3 Å². The van der Waals surface area contributed by atoms with Crippen molar-refractivity contribution in [1.29, 1.82) is 0 Å². The van der Waals surface area contributed by atoms with Gasteiger partial charge in [-0.15, -0.1) is 0 Å². The van der Waals surface area contributed by atoms with E-state index in [1.807, 2.05) is 7.05 Å². The lowest BCUT2D eigenvalue weighted by atomic mass is 10.1. The third-order valence-corrected chi connectivity index (χ3v) is 2.87. The monoisotopic (exact) mass is 206 g/mol. The van der Waals surface area contributed by atoms with Crippen LogP contribution in [0.15, 0.2) is 24.3 Å². The van der Waals surface area contributed by atoms with Gasteiger partial charge in [-0.2, -0.15) is 0 Å². The van der Waals surface area contributed by atoms with E-state index in [1.54, 1.807) is 0 Å². The van der Waals surface area contributed by atoms with Crippen LogP contribution in [0.1, 0.15) is 38.8 Å². The number of nitrogens with one attached hydrogen (secondary N) is 2. The Morgan fingerprint density at radius 2 is 1.73 bits per heavy atom. The second kappa shape index (κ2) is 5.76. The van der Waals surface area contributed by atoms with Gasteiger partial charge in [0.05, 0.1) is 0 Å². The van der Waals surface area contributed by atoms with Crippen LogP contribution >= 0.6 is 0 Å². The Balaban J connectivity index is 2.64. The molecular formula is C13H22N2. The van der Waals surface area contributed by atoms with E-state index in [0.717, 1.165) is 6.42 Å². The number of benzene rings is 1. The number of rotatable bonds is 5. The molecule has 0 amide bonds. The van der Waals surface area contributed by atoms with E-state index in [2.05, 4.69) is 55.7 Å². The highest BCUT2D eigenvalue weighted by atomic mass is 14.9. The van der Waals surface area contributed by atoms with Crippen molar-refractivity contribution in [2.45, 2.75) is 39.3 Å². The van der Waals surface area contributed by atoms with Crippen LogP contribution in [0.2, 0.25) is 0 Å². The Morgan fingerprint density at radius 3 is 2.20 bits per heavy atom. The van der Waals surface area contributed by atoms with Gasteiger partial charge in [-0.1, -0.05) is 19.1 Å². The maximum absolute atomic E-state index is 3.46. The van der Waals surface area contributed by atoms with Gasteiger partial charge in [0.15, 0.2) is 0 Å². The van der Waals surface area contributed by atoms with Crippen LogP contribution < -0.4 is 10.6 Å². The lowest BCUT2D eigenvalue weighted by Gasteiger charge is -2.15. The number of anilines is 1. The third-order valence-electron chi connectivity index (χ3n) is 2.87. The summed E-state index contributed by atoms with van der Waals surface area (Å²) >= 11 is 0. The van der Waals surface area contributed by atoms with Crippen molar-refractivity contribution in [3.63, 3.8) is 0 Å². The molecule has 0 aliphatic heterocycles. The van der Waals surface area contributed by atoms with E-state index in [0.29, 0.717) is 12.1 Å². The zero-order chi connectivity index (χ0) is 11.3. The second-order valence-electron chi connectivity index (χ2n) is 4.09. The molecule has 2 N–H and O–H groups in total. The fourth-order valence-corrected chi connectivity index (χ4v) is 1.42. The molecule has 15 heavy (non-hydrogen) atoms. The van der Waals surface area contributed by atoms with Crippen molar-refractivity contribution in [2.75, 3.05) is 12.4 Å². The summed E-state index contributed by atoms with van der Waals surface area (Å²) in [6.07, 6.45) is 1.15. The minimum absolute atomic E-state index is 0.419. The van der Waals surface area contributed by atoms with Crippen molar-refractivity contribution < 1.29 is 0 Å². The fraction of sp³-hybridized carbons (Fsp3) is 0.538. The Labute approximate surface area is 93.1 Å². The Morgan fingerprint density at radius 1 is 1.13 bits per heavy atom. The first-order valence-corrected chi connectivity index (χ1v) is 5.71. The highest BCUT2D eigenvalue weighted by Gasteiger charge is 2.02. The summed E-state index contributed by atoms with van der Waals surface area (Å²) < 4.78 is 0. The van der Waals surface area contributed by atoms with E-state index in [9.17, 15) is 0 Å². The van der Waals surface area contributed by atoms with Gasteiger partial charge in [0.25, 0.3) is 0 Å². The fourth-order valence-electron chi connectivity index (χ4n) is 1.42. The second-order valence-corrected chi connectivity index (χ2v) is 4.09. The zero-order valence-electron chi connectivity index (χ0n) is 10.2. The first kappa shape index (κ1) is 12.1. The normalized spacial score (nSPS) is 14.7. The van der Waals surface area contributed by atoms with Gasteiger partial charge in [-0.3, -0.25) is 0 Å². The van der Waals surface area contributed by atoms with Gasteiger partial charge >= 0.3 is 0 Å². The standard InChI is InChI=1S/C13H22N2/c1-5-10(2)15-13-8-6-12(7-9-13)11(3)14-4/h6-11,14-15H,5H2,1-4H3. The molecule has 1 rings (SSSR count). The summed E-state index contributed by atoms with van der Waals surface area (Å²) in [6, 6.07) is 9.60. The number of hydrogen-bond donors (Lipinski definition) is 2. The average molecular weight is 206 g/mol. The Bertz CT molecular complexity index is 279. The molecule has 0 aliphatic rings. The summed E-state index contributed by atoms with van der Waals surface area (Å²) in [5.41, 5.74) is 2.53. The van der Waals surface area contributed by atoms with Gasteiger partial charge < -0.3 is 10.6 Å². The minimum Gasteiger partial charge on any atom is -0.383 e. The van der Waals surface area contributed by atoms with Crippen LogP contribution in [0, 0.1) is 0 Å². The van der Waals surface area contributed by atoms with Gasteiger partial charge in [0.1, 0.15) is 0 Å². The largest absolute Gasteiger partial charge is 0.383 e. The molecule has 0 radical (unpaired) electrons. The molecule has 2 atom stereocenters. The predicted molar refractivity (Wildman–Crippen MR) is 67.3 cm³/mol. The van der Waals surface area contributed by atoms with Crippen LogP contribution in [0.25, 0.3) is 0 Å². The highest BCUT2D eigenvalue weighted by molar-refractivity contribution is 5.45. The maximum Gasteiger partial charge on any atom is 0.0342 e. The van der Waals surface area contributed by atoms with Gasteiger partial charge in [-0.05, 0) is 45.0 Å². The topological polar surface area (TPSA) is 24.1 Å². The van der Waals surface area contributed by atoms with Crippen molar-refractivity contribution in [3.8, 4) is 0 Å². The van der Waals surface area contributed by atoms with Crippen molar-refractivity contribution in [1.82, 2.24) is 5.32 Å². The molecule has 2 nitrogen and oxygen atoms in total. The highest BCUT2D eigenvalue weighted by Crippen LogP contribution is 2.16. The SMILES string of the molecule is CCC(C)Nc1ccc(C(C)NC)cc1. The summed E-state index contributed by atoms with van der Waals surface area (Å²) in [7, 11) is 1.98. The van der Waals surface area contributed by atoms with Crippen LogP contribution in [0.4, 0.5) is 5.69 Å². The van der Waals surface area contributed by atoms with Crippen molar-refractivity contribution in [3.05, 3.63) is 29.8 Å². The first-order valence-electron chi connectivity index (χ1n) is 5.71. The molecule has 0 aliphatic carbocycles. The summed E-state index contributed by atoms with van der Waals surface area (Å²) in [4.78, 5) is 0. The molecule has 0 saturated carbocycles. The average Bonchev–Trinajstić information content (AvgIpc) is 2.29. The van der Waals surface area contributed by atoms with Gasteiger partial charge in [0, 0.05) is 17.8 Å². The van der Waals surface area contributed by atoms with E-state index in [4.69, 9.17) is 0 Å². The van der Waals surface area contributed by atoms with Crippen molar-refractivity contribution >= 4 is 5.69 Å². The van der Waals surface area contributed by atoms with E-state index >= 15 is 0 Å². The van der Waals surface area contributed by atoms with Gasteiger partial charge in [0.2, 0.25) is 0 Å². The maximum atomic E-state index is 3.46. The molecule has 0 spiro atoms.